The van der Waals surface area contributed by atoms with Crippen molar-refractivity contribution in [2.45, 2.75) is 115 Å². The van der Waals surface area contributed by atoms with E-state index in [1.807, 2.05) is 11.0 Å². The molecule has 5 heterocycles. The maximum atomic E-state index is 13.1. The number of carbonyl (C=O) groups is 6. The highest BCUT2D eigenvalue weighted by Gasteiger charge is 2.44. The van der Waals surface area contributed by atoms with Gasteiger partial charge in [0.2, 0.25) is 17.7 Å². The average molecular weight is 850 g/mol. The van der Waals surface area contributed by atoms with E-state index >= 15 is 0 Å². The second-order valence-corrected chi connectivity index (χ2v) is 16.9. The fraction of sp³-hybridized carbons (Fsp3) is 0.522. The average Bonchev–Trinajstić information content (AvgIpc) is 3.52. The molecule has 6 amide bonds. The molecule has 0 spiro atoms. The molecule has 4 aliphatic heterocycles. The number of carbonyl (C=O) groups excluding carboxylic acids is 6. The van der Waals surface area contributed by atoms with Crippen LogP contribution in [-0.4, -0.2) is 123 Å². The van der Waals surface area contributed by atoms with Crippen molar-refractivity contribution in [3.63, 3.8) is 0 Å². The van der Waals surface area contributed by atoms with Gasteiger partial charge in [-0.2, -0.15) is 0 Å². The van der Waals surface area contributed by atoms with Crippen LogP contribution in [0.3, 0.4) is 0 Å². The predicted octanol–water partition coefficient (Wildman–Crippen LogP) is 4.05. The molecular formula is C46H59N9O7. The van der Waals surface area contributed by atoms with Crippen LogP contribution in [0.4, 0.5) is 11.5 Å². The normalized spacial score (nSPS) is 18.6. The van der Waals surface area contributed by atoms with Gasteiger partial charge in [-0.25, -0.2) is 9.97 Å². The molecule has 0 aliphatic carbocycles. The largest absolute Gasteiger partial charge is 0.390 e. The Hall–Kier alpha value is -5.74. The fourth-order valence-electron chi connectivity index (χ4n) is 8.85. The van der Waals surface area contributed by atoms with Crippen molar-refractivity contribution in [2.24, 2.45) is 0 Å². The number of likely N-dealkylation sites (tertiary alicyclic amines) is 1. The summed E-state index contributed by atoms with van der Waals surface area (Å²) >= 11 is 0. The number of imide groups is 2. The second kappa shape index (κ2) is 21.4. The predicted molar refractivity (Wildman–Crippen MR) is 232 cm³/mol. The van der Waals surface area contributed by atoms with E-state index < -0.39 is 35.8 Å². The molecule has 2 saturated heterocycles. The van der Waals surface area contributed by atoms with E-state index in [1.165, 1.54) is 17.5 Å². The minimum absolute atomic E-state index is 0.0872. The third-order valence-electron chi connectivity index (χ3n) is 12.4. The van der Waals surface area contributed by atoms with Crippen molar-refractivity contribution in [1.82, 2.24) is 35.3 Å². The standard InChI is InChI=1S/C46H59N9O7/c56-35(29-53-22-18-31-11-8-9-12-32(31)28-53)27-48-43(59)38-26-40(50-30-49-38)51-33-19-23-54(24-20-33)42(58)13-7-5-3-1-2-4-6-10-21-47-34-14-15-36-37(25-34)46(62)55(45(36)61)39-16-17-41(57)52-44(39)60/h8-9,11-12,14-15,25-26,30,33,35,39,47,56H,1-7,10,13,16-24,27-29H2,(H,48,59)(H,49,50,51)(H,52,57,60)/t35-,39?/m0/s1. The molecule has 5 N–H and O–H groups in total. The molecule has 0 bridgehead atoms. The lowest BCUT2D eigenvalue weighted by Gasteiger charge is -2.32. The topological polar surface area (TPSA) is 206 Å². The van der Waals surface area contributed by atoms with Crippen LogP contribution in [-0.2, 0) is 27.3 Å². The van der Waals surface area contributed by atoms with E-state index in [4.69, 9.17) is 0 Å². The van der Waals surface area contributed by atoms with E-state index in [1.54, 1.807) is 24.3 Å². The van der Waals surface area contributed by atoms with Crippen LogP contribution in [0.2, 0.25) is 0 Å². The summed E-state index contributed by atoms with van der Waals surface area (Å²) in [6.45, 7) is 4.36. The Bertz CT molecular complexity index is 2110. The summed E-state index contributed by atoms with van der Waals surface area (Å²) in [7, 11) is 0. The first-order valence-electron chi connectivity index (χ1n) is 22.3. The molecule has 16 heteroatoms. The summed E-state index contributed by atoms with van der Waals surface area (Å²) in [5.41, 5.74) is 4.16. The molecule has 2 atom stereocenters. The summed E-state index contributed by atoms with van der Waals surface area (Å²) in [4.78, 5) is 89.2. The molecule has 2 aromatic carbocycles. The first-order chi connectivity index (χ1) is 30.1. The molecule has 2 fully saturated rings. The van der Waals surface area contributed by atoms with Gasteiger partial charge in [0, 0.05) is 76.5 Å². The summed E-state index contributed by atoms with van der Waals surface area (Å²) in [6.07, 6.45) is 12.4. The number of rotatable bonds is 20. The van der Waals surface area contributed by atoms with Crippen LogP contribution in [0.5, 0.6) is 0 Å². The van der Waals surface area contributed by atoms with Gasteiger partial charge in [0.05, 0.1) is 17.2 Å². The number of unbranched alkanes of at least 4 members (excludes halogenated alkanes) is 7. The smallest absolute Gasteiger partial charge is 0.270 e. The minimum Gasteiger partial charge on any atom is -0.390 e. The van der Waals surface area contributed by atoms with Gasteiger partial charge < -0.3 is 26.0 Å². The van der Waals surface area contributed by atoms with E-state index in [9.17, 15) is 33.9 Å². The number of piperidine rings is 2. The Morgan fingerprint density at radius 1 is 0.806 bits per heavy atom. The maximum Gasteiger partial charge on any atom is 0.270 e. The van der Waals surface area contributed by atoms with Crippen LogP contribution >= 0.6 is 0 Å². The molecule has 16 nitrogen and oxygen atoms in total. The molecule has 62 heavy (non-hydrogen) atoms. The van der Waals surface area contributed by atoms with E-state index in [0.29, 0.717) is 31.9 Å². The van der Waals surface area contributed by atoms with Crippen molar-refractivity contribution in [2.75, 3.05) is 49.9 Å². The SMILES string of the molecule is O=C1CCC(N2C(=O)c3ccc(NCCCCCCCCCCC(=O)N4CCC(Nc5cc(C(=O)NC[C@H](O)CN6CCc7ccccc7C6)ncn5)CC4)cc3C2=O)C(=O)N1. The number of aromatic nitrogens is 2. The molecule has 7 rings (SSSR count). The number of hydrogen-bond acceptors (Lipinski definition) is 12. The molecule has 1 unspecified atom stereocenters. The van der Waals surface area contributed by atoms with Gasteiger partial charge >= 0.3 is 0 Å². The van der Waals surface area contributed by atoms with Crippen molar-refractivity contribution >= 4 is 46.9 Å². The van der Waals surface area contributed by atoms with Crippen molar-refractivity contribution in [3.8, 4) is 0 Å². The van der Waals surface area contributed by atoms with Crippen molar-refractivity contribution in [3.05, 3.63) is 82.8 Å². The third-order valence-corrected chi connectivity index (χ3v) is 12.4. The molecule has 1 aromatic heterocycles. The first-order valence-corrected chi connectivity index (χ1v) is 22.3. The van der Waals surface area contributed by atoms with Crippen LogP contribution in [0.25, 0.3) is 0 Å². The highest BCUT2D eigenvalue weighted by molar-refractivity contribution is 6.23. The summed E-state index contributed by atoms with van der Waals surface area (Å²) < 4.78 is 0. The third kappa shape index (κ3) is 11.6. The summed E-state index contributed by atoms with van der Waals surface area (Å²) in [5.74, 6) is -1.62. The van der Waals surface area contributed by atoms with Gasteiger partial charge in [0.25, 0.3) is 17.7 Å². The number of anilines is 2. The van der Waals surface area contributed by atoms with Gasteiger partial charge in [-0.3, -0.25) is 43.9 Å². The number of nitrogens with zero attached hydrogens (tertiary/aromatic N) is 5. The Balaban J connectivity index is 0.699. The molecule has 0 saturated carbocycles. The highest BCUT2D eigenvalue weighted by atomic mass is 16.3. The summed E-state index contributed by atoms with van der Waals surface area (Å²) in [6, 6.07) is 14.2. The lowest BCUT2D eigenvalue weighted by atomic mass is 10.00. The second-order valence-electron chi connectivity index (χ2n) is 16.9. The molecule has 330 valence electrons. The number of hydrogen-bond donors (Lipinski definition) is 5. The van der Waals surface area contributed by atoms with Gasteiger partial charge in [0.1, 0.15) is 23.9 Å². The first kappa shape index (κ1) is 44.3. The lowest BCUT2D eigenvalue weighted by molar-refractivity contribution is -0.136. The zero-order valence-corrected chi connectivity index (χ0v) is 35.4. The van der Waals surface area contributed by atoms with Crippen molar-refractivity contribution < 1.29 is 33.9 Å². The Morgan fingerprint density at radius 2 is 1.53 bits per heavy atom. The van der Waals surface area contributed by atoms with Gasteiger partial charge in [-0.1, -0.05) is 62.8 Å². The van der Waals surface area contributed by atoms with Gasteiger partial charge in [-0.05, 0) is 67.9 Å². The van der Waals surface area contributed by atoms with Gasteiger partial charge in [-0.15, -0.1) is 0 Å². The van der Waals surface area contributed by atoms with Crippen LogP contribution < -0.4 is 21.3 Å². The Labute approximate surface area is 362 Å². The molecule has 4 aliphatic rings. The molecule has 0 radical (unpaired) electrons. The number of fused-ring (bicyclic) bond motifs is 2. The van der Waals surface area contributed by atoms with E-state index in [2.05, 4.69) is 54.3 Å². The fourth-order valence-corrected chi connectivity index (χ4v) is 8.85. The monoisotopic (exact) mass is 849 g/mol. The maximum absolute atomic E-state index is 13.1. The zero-order valence-electron chi connectivity index (χ0n) is 35.4. The number of β-amino-alcohol motifs (C(OH)–C–C–N with tert-alkyl or cyclic N) is 1. The van der Waals surface area contributed by atoms with Crippen LogP contribution in [0.1, 0.15) is 126 Å². The number of amides is 6. The molecule has 3 aromatic rings. The van der Waals surface area contributed by atoms with Crippen LogP contribution in [0.15, 0.2) is 54.9 Å². The van der Waals surface area contributed by atoms with Crippen molar-refractivity contribution in [1.29, 1.82) is 0 Å². The van der Waals surface area contributed by atoms with Gasteiger partial charge in [0.15, 0.2) is 0 Å². The molecular weight excluding hydrogens is 791 g/mol. The quantitative estimate of drug-likeness (QED) is 0.0807. The number of nitrogens with one attached hydrogen (secondary N) is 4. The number of benzene rings is 2. The minimum atomic E-state index is -0.974. The zero-order chi connectivity index (χ0) is 43.4. The Kier molecular flexibility index (Phi) is 15.3. The highest BCUT2D eigenvalue weighted by Crippen LogP contribution is 2.30. The number of aliphatic hydroxyl groups excluding tert-OH is 1. The summed E-state index contributed by atoms with van der Waals surface area (Å²) in [5, 5.41) is 22.4. The number of aliphatic hydroxyl groups is 1. The Morgan fingerprint density at radius 3 is 2.31 bits per heavy atom. The van der Waals surface area contributed by atoms with Crippen LogP contribution in [0, 0.1) is 0 Å². The van der Waals surface area contributed by atoms with E-state index in [-0.39, 0.29) is 54.1 Å². The van der Waals surface area contributed by atoms with E-state index in [0.717, 1.165) is 101 Å². The lowest BCUT2D eigenvalue weighted by Crippen LogP contribution is -2.54.